The van der Waals surface area contributed by atoms with Gasteiger partial charge in [-0.05, 0) is 18.8 Å². The Kier molecular flexibility index (Phi) is 1.63. The Morgan fingerprint density at radius 2 is 2.26 bits per heavy atom. The quantitative estimate of drug-likeness (QED) is 0.920. The van der Waals surface area contributed by atoms with Gasteiger partial charge in [-0.25, -0.2) is 0 Å². The van der Waals surface area contributed by atoms with Crippen molar-refractivity contribution in [1.82, 2.24) is 9.78 Å². The molecule has 0 bridgehead atoms. The summed E-state index contributed by atoms with van der Waals surface area (Å²) in [6.45, 7) is -7.98. The fourth-order valence-corrected chi connectivity index (χ4v) is 1.92. The van der Waals surface area contributed by atoms with Gasteiger partial charge in [0, 0.05) is 32.1 Å². The van der Waals surface area contributed by atoms with Crippen LogP contribution >= 0.6 is 0 Å². The van der Waals surface area contributed by atoms with Crippen LogP contribution < -0.4 is 4.90 Å². The molecule has 1 aromatic heterocycles. The van der Waals surface area contributed by atoms with Crippen LogP contribution in [0.4, 0.5) is 5.82 Å². The molecule has 0 spiro atoms. The second-order valence-electron chi connectivity index (χ2n) is 4.50. The van der Waals surface area contributed by atoms with Crippen LogP contribution in [0.2, 0.25) is 0 Å². The molecule has 3 rings (SSSR count). The Bertz CT molecular complexity index is 790. The molecule has 0 amide bonds. The van der Waals surface area contributed by atoms with Crippen LogP contribution in [0, 0.1) is 0 Å². The van der Waals surface area contributed by atoms with Gasteiger partial charge >= 0.3 is 0 Å². The average molecular weight is 264 g/mol. The van der Waals surface area contributed by atoms with Crippen molar-refractivity contribution in [3.63, 3.8) is 0 Å². The van der Waals surface area contributed by atoms with Gasteiger partial charge in [-0.2, -0.15) is 5.10 Å². The van der Waals surface area contributed by atoms with Gasteiger partial charge in [0.15, 0.2) is 5.82 Å². The first kappa shape index (κ1) is 6.57. The Labute approximate surface area is 123 Å². The number of nitrogens with zero attached hydrogens (tertiary/aromatic N) is 3. The van der Waals surface area contributed by atoms with E-state index in [-0.39, 0.29) is 5.82 Å². The van der Waals surface area contributed by atoms with E-state index < -0.39 is 31.9 Å². The van der Waals surface area contributed by atoms with E-state index in [1.807, 2.05) is 30.3 Å². The Hall–Kier alpha value is -1.81. The van der Waals surface area contributed by atoms with Crippen molar-refractivity contribution in [2.75, 3.05) is 17.9 Å². The third-order valence-electron chi connectivity index (χ3n) is 2.83. The first-order valence-electron chi connectivity index (χ1n) is 9.49. The molecule has 1 atom stereocenters. The summed E-state index contributed by atoms with van der Waals surface area (Å²) in [5.41, 5.74) is -1.90. The zero-order valence-corrected chi connectivity index (χ0v) is 10.2. The van der Waals surface area contributed by atoms with Gasteiger partial charge in [-0.3, -0.25) is 4.68 Å². The SMILES string of the molecule is [2H]C1([2H])CC(O)(C([2H])([2H])[2H])C([2H])([2H])N1c1ccn(Cc2ccccc2)n1. The van der Waals surface area contributed by atoms with E-state index in [1.165, 1.54) is 10.7 Å². The number of aromatic nitrogens is 2. The Morgan fingerprint density at radius 3 is 3.00 bits per heavy atom. The fraction of sp³-hybridized carbons (Fsp3) is 0.400. The molecule has 4 nitrogen and oxygen atoms in total. The van der Waals surface area contributed by atoms with Crippen molar-refractivity contribution in [3.8, 4) is 0 Å². The summed E-state index contributed by atoms with van der Waals surface area (Å²) in [5, 5.41) is 14.7. The van der Waals surface area contributed by atoms with Crippen molar-refractivity contribution in [2.24, 2.45) is 0 Å². The van der Waals surface area contributed by atoms with Crippen LogP contribution in [-0.2, 0) is 6.54 Å². The van der Waals surface area contributed by atoms with Crippen molar-refractivity contribution in [3.05, 3.63) is 48.2 Å². The van der Waals surface area contributed by atoms with E-state index in [4.69, 9.17) is 9.60 Å². The molecule has 1 N–H and O–H groups in total. The molecule has 1 unspecified atom stereocenters. The van der Waals surface area contributed by atoms with E-state index in [0.717, 1.165) is 5.56 Å². The molecule has 0 saturated carbocycles. The lowest BCUT2D eigenvalue weighted by Crippen LogP contribution is -2.29. The van der Waals surface area contributed by atoms with Crippen LogP contribution in [0.1, 0.15) is 28.4 Å². The topological polar surface area (TPSA) is 41.3 Å². The summed E-state index contributed by atoms with van der Waals surface area (Å²) in [6.07, 6.45) is 0.663. The third kappa shape index (κ3) is 2.79. The largest absolute Gasteiger partial charge is 0.388 e. The van der Waals surface area contributed by atoms with E-state index in [2.05, 4.69) is 5.10 Å². The summed E-state index contributed by atoms with van der Waals surface area (Å²) in [4.78, 5) is 0.619. The fourth-order valence-electron chi connectivity index (χ4n) is 1.92. The summed E-state index contributed by atoms with van der Waals surface area (Å²) < 4.78 is 56.5. The molecule has 1 fully saturated rings. The highest BCUT2D eigenvalue weighted by atomic mass is 16.3. The predicted molar refractivity (Wildman–Crippen MR) is 75.2 cm³/mol. The van der Waals surface area contributed by atoms with Crippen LogP contribution in [0.25, 0.3) is 0 Å². The minimum atomic E-state index is -3.09. The summed E-state index contributed by atoms with van der Waals surface area (Å²) in [5.74, 6) is -0.0730. The van der Waals surface area contributed by atoms with Crippen LogP contribution in [-0.4, -0.2) is 33.5 Å². The molecule has 1 aromatic carbocycles. The van der Waals surface area contributed by atoms with E-state index in [1.54, 1.807) is 6.20 Å². The zero-order chi connectivity index (χ0) is 19.4. The molecule has 1 aliphatic heterocycles. The maximum absolute atomic E-state index is 10.5. The lowest BCUT2D eigenvalue weighted by atomic mass is 10.1. The number of rotatable bonds is 3. The first-order chi connectivity index (χ1) is 11.9. The molecular formula is C15H19N3O. The van der Waals surface area contributed by atoms with Crippen LogP contribution in [0.5, 0.6) is 0 Å². The van der Waals surface area contributed by atoms with Crippen LogP contribution in [0.3, 0.4) is 0 Å². The second-order valence-corrected chi connectivity index (χ2v) is 4.50. The number of β-amino-alcohol motifs (C(OH)–C–C–N with tert-alkyl or cyclic N) is 1. The molecule has 1 saturated heterocycles. The van der Waals surface area contributed by atoms with E-state index in [0.29, 0.717) is 11.4 Å². The Balaban J connectivity index is 1.96. The monoisotopic (exact) mass is 264 g/mol. The maximum atomic E-state index is 10.5. The van der Waals surface area contributed by atoms with Crippen molar-refractivity contribution < 1.29 is 14.7 Å². The summed E-state index contributed by atoms with van der Waals surface area (Å²) in [6, 6.07) is 10.8. The molecule has 100 valence electrons. The zero-order valence-electron chi connectivity index (χ0n) is 17.2. The molecule has 19 heavy (non-hydrogen) atoms. The number of hydrogen-bond acceptors (Lipinski definition) is 3. The van der Waals surface area contributed by atoms with Gasteiger partial charge < -0.3 is 10.0 Å². The number of aliphatic hydroxyl groups is 1. The minimum Gasteiger partial charge on any atom is -0.388 e. The molecule has 1 aliphatic rings. The molecule has 0 radical (unpaired) electrons. The Morgan fingerprint density at radius 1 is 1.42 bits per heavy atom. The lowest BCUT2D eigenvalue weighted by molar-refractivity contribution is 0.0839. The normalized spacial score (nSPS) is 34.4. The molecule has 4 heteroatoms. The van der Waals surface area contributed by atoms with E-state index >= 15 is 0 Å². The standard InChI is InChI=1S/C15H19N3O/c1-15(19)8-10-17(12-15)14-7-9-18(16-14)11-13-5-3-2-4-6-13/h2-7,9,19H,8,10-12H2,1H3/i1D3,10D2,12D2. The number of anilines is 1. The highest BCUT2D eigenvalue weighted by Crippen LogP contribution is 2.24. The number of benzene rings is 1. The summed E-state index contributed by atoms with van der Waals surface area (Å²) in [7, 11) is 0. The maximum Gasteiger partial charge on any atom is 0.150 e. The highest BCUT2D eigenvalue weighted by Gasteiger charge is 2.32. The first-order valence-corrected chi connectivity index (χ1v) is 5.99. The van der Waals surface area contributed by atoms with Gasteiger partial charge in [0.05, 0.1) is 14.9 Å². The van der Waals surface area contributed by atoms with Crippen molar-refractivity contribution >= 4 is 5.82 Å². The van der Waals surface area contributed by atoms with E-state index in [9.17, 15) is 5.11 Å². The molecule has 2 heterocycles. The minimum absolute atomic E-state index is 0.0730. The molecule has 2 aromatic rings. The van der Waals surface area contributed by atoms with Gasteiger partial charge in [-0.15, -0.1) is 0 Å². The summed E-state index contributed by atoms with van der Waals surface area (Å²) >= 11 is 0. The highest BCUT2D eigenvalue weighted by molar-refractivity contribution is 5.39. The number of hydrogen-bond donors (Lipinski definition) is 1. The van der Waals surface area contributed by atoms with Gasteiger partial charge in [0.25, 0.3) is 0 Å². The molecule has 0 aliphatic carbocycles. The molecular weight excluding hydrogens is 238 g/mol. The van der Waals surface area contributed by atoms with Gasteiger partial charge in [0.2, 0.25) is 0 Å². The lowest BCUT2D eigenvalue weighted by Gasteiger charge is -2.18. The predicted octanol–water partition coefficient (Wildman–Crippen LogP) is 1.89. The van der Waals surface area contributed by atoms with Gasteiger partial charge in [0.1, 0.15) is 0 Å². The van der Waals surface area contributed by atoms with Crippen molar-refractivity contribution in [2.45, 2.75) is 25.4 Å². The van der Waals surface area contributed by atoms with Gasteiger partial charge in [-0.1, -0.05) is 30.3 Å². The smallest absolute Gasteiger partial charge is 0.150 e. The average Bonchev–Trinajstić information content (AvgIpc) is 2.98. The van der Waals surface area contributed by atoms with Crippen LogP contribution in [0.15, 0.2) is 42.6 Å². The second kappa shape index (κ2) is 4.70. The van der Waals surface area contributed by atoms with Crippen molar-refractivity contribution in [1.29, 1.82) is 0 Å². The third-order valence-corrected chi connectivity index (χ3v) is 2.83.